The molecule has 0 unspecified atom stereocenters. The maximum Gasteiger partial charge on any atom is 0.178 e. The molecular formula is C21H17N5O. The molecule has 0 fully saturated rings. The molecule has 2 aromatic carbocycles. The minimum absolute atomic E-state index is 0.689. The van der Waals surface area contributed by atoms with E-state index in [-0.39, 0.29) is 0 Å². The van der Waals surface area contributed by atoms with E-state index in [1.54, 1.807) is 6.20 Å². The van der Waals surface area contributed by atoms with Crippen molar-refractivity contribution in [1.82, 2.24) is 20.3 Å². The predicted molar refractivity (Wildman–Crippen MR) is 105 cm³/mol. The summed E-state index contributed by atoms with van der Waals surface area (Å²) in [5.41, 5.74) is 5.61. The molecule has 0 aliphatic heterocycles. The molecule has 0 radical (unpaired) electrons. The highest BCUT2D eigenvalue weighted by Gasteiger charge is 2.11. The Morgan fingerprint density at radius 2 is 1.89 bits per heavy atom. The summed E-state index contributed by atoms with van der Waals surface area (Å²) in [4.78, 5) is 4.36. The summed E-state index contributed by atoms with van der Waals surface area (Å²) in [6.45, 7) is 0. The zero-order valence-electron chi connectivity index (χ0n) is 14.5. The first-order valence-corrected chi connectivity index (χ1v) is 8.85. The zero-order chi connectivity index (χ0) is 18.1. The molecule has 6 heteroatoms. The van der Waals surface area contributed by atoms with Gasteiger partial charge >= 0.3 is 0 Å². The van der Waals surface area contributed by atoms with Gasteiger partial charge in [0.15, 0.2) is 11.4 Å². The van der Waals surface area contributed by atoms with Gasteiger partial charge in [-0.2, -0.15) is 5.10 Å². The maximum atomic E-state index is 5.55. The Labute approximate surface area is 155 Å². The van der Waals surface area contributed by atoms with Crippen LogP contribution in [0.4, 0.5) is 11.5 Å². The standard InChI is InChI=1S/C21H17N5O/c1-2-5-14(6-3-1)8-11-17-16-10-9-15(13-19(16)27-26-17)23-21-20-18(24-25-21)7-4-12-22-20/h1-7,9-10,12-13H,8,11H2,(H2,23,24,25). The fraction of sp³-hybridized carbons (Fsp3) is 0.0952. The fourth-order valence-electron chi connectivity index (χ4n) is 3.23. The van der Waals surface area contributed by atoms with Gasteiger partial charge < -0.3 is 9.84 Å². The Morgan fingerprint density at radius 1 is 0.963 bits per heavy atom. The van der Waals surface area contributed by atoms with Crippen molar-refractivity contribution in [3.8, 4) is 0 Å². The van der Waals surface area contributed by atoms with Crippen molar-refractivity contribution in [2.24, 2.45) is 0 Å². The monoisotopic (exact) mass is 355 g/mol. The number of benzene rings is 2. The van der Waals surface area contributed by atoms with Crippen LogP contribution in [0.3, 0.4) is 0 Å². The smallest absolute Gasteiger partial charge is 0.178 e. The number of aryl methyl sites for hydroxylation is 2. The molecule has 0 aliphatic carbocycles. The Morgan fingerprint density at radius 3 is 2.81 bits per heavy atom. The first-order valence-electron chi connectivity index (χ1n) is 8.85. The van der Waals surface area contributed by atoms with Gasteiger partial charge in [-0.25, -0.2) is 0 Å². The zero-order valence-corrected chi connectivity index (χ0v) is 14.5. The largest absolute Gasteiger partial charge is 0.356 e. The number of nitrogens with zero attached hydrogens (tertiary/aromatic N) is 3. The molecule has 132 valence electrons. The van der Waals surface area contributed by atoms with Gasteiger partial charge in [0, 0.05) is 23.3 Å². The van der Waals surface area contributed by atoms with Crippen molar-refractivity contribution >= 4 is 33.5 Å². The van der Waals surface area contributed by atoms with E-state index in [0.29, 0.717) is 5.82 Å². The lowest BCUT2D eigenvalue weighted by Gasteiger charge is -2.03. The Balaban J connectivity index is 1.38. The minimum atomic E-state index is 0.689. The van der Waals surface area contributed by atoms with Crippen LogP contribution >= 0.6 is 0 Å². The van der Waals surface area contributed by atoms with E-state index in [0.717, 1.165) is 46.2 Å². The second-order valence-electron chi connectivity index (χ2n) is 6.42. The Kier molecular flexibility index (Phi) is 3.79. The van der Waals surface area contributed by atoms with Crippen molar-refractivity contribution in [2.45, 2.75) is 12.8 Å². The highest BCUT2D eigenvalue weighted by molar-refractivity contribution is 5.89. The van der Waals surface area contributed by atoms with Gasteiger partial charge in [0.25, 0.3) is 0 Å². The summed E-state index contributed by atoms with van der Waals surface area (Å²) in [6.07, 6.45) is 3.53. The summed E-state index contributed by atoms with van der Waals surface area (Å²) in [5, 5.41) is 15.9. The third-order valence-corrected chi connectivity index (χ3v) is 4.62. The molecule has 0 saturated carbocycles. The molecule has 27 heavy (non-hydrogen) atoms. The van der Waals surface area contributed by atoms with Crippen LogP contribution in [0.5, 0.6) is 0 Å². The van der Waals surface area contributed by atoms with Crippen LogP contribution < -0.4 is 5.32 Å². The second-order valence-corrected chi connectivity index (χ2v) is 6.42. The van der Waals surface area contributed by atoms with Gasteiger partial charge in [-0.1, -0.05) is 35.5 Å². The van der Waals surface area contributed by atoms with E-state index in [4.69, 9.17) is 4.52 Å². The number of H-pyrrole nitrogens is 1. The number of aromatic amines is 1. The average molecular weight is 355 g/mol. The number of rotatable bonds is 5. The van der Waals surface area contributed by atoms with Crippen molar-refractivity contribution in [2.75, 3.05) is 5.32 Å². The lowest BCUT2D eigenvalue weighted by molar-refractivity contribution is 0.446. The van der Waals surface area contributed by atoms with Crippen molar-refractivity contribution in [3.05, 3.63) is 78.1 Å². The van der Waals surface area contributed by atoms with E-state index < -0.39 is 0 Å². The van der Waals surface area contributed by atoms with Crippen LogP contribution in [0.2, 0.25) is 0 Å². The molecule has 3 aromatic heterocycles. The molecule has 3 heterocycles. The van der Waals surface area contributed by atoms with Crippen LogP contribution in [0.15, 0.2) is 71.4 Å². The third kappa shape index (κ3) is 3.01. The van der Waals surface area contributed by atoms with Crippen molar-refractivity contribution < 1.29 is 4.52 Å². The highest BCUT2D eigenvalue weighted by atomic mass is 16.5. The number of anilines is 2. The molecule has 2 N–H and O–H groups in total. The Bertz CT molecular complexity index is 1210. The molecule has 0 aliphatic rings. The van der Waals surface area contributed by atoms with Crippen LogP contribution in [0.1, 0.15) is 11.3 Å². The van der Waals surface area contributed by atoms with Gasteiger partial charge in [-0.05, 0) is 42.7 Å². The minimum Gasteiger partial charge on any atom is -0.356 e. The second kappa shape index (κ2) is 6.57. The number of aromatic nitrogens is 4. The summed E-state index contributed by atoms with van der Waals surface area (Å²) in [5.74, 6) is 0.689. The van der Waals surface area contributed by atoms with E-state index in [9.17, 15) is 0 Å². The normalized spacial score (nSPS) is 11.3. The number of pyridine rings is 1. The fourth-order valence-corrected chi connectivity index (χ4v) is 3.23. The van der Waals surface area contributed by atoms with Gasteiger partial charge in [0.05, 0.1) is 11.2 Å². The van der Waals surface area contributed by atoms with E-state index in [1.807, 2.05) is 36.4 Å². The Hall–Kier alpha value is -3.67. The van der Waals surface area contributed by atoms with Crippen molar-refractivity contribution in [3.63, 3.8) is 0 Å². The predicted octanol–water partition coefficient (Wildman–Crippen LogP) is 4.63. The van der Waals surface area contributed by atoms with Crippen LogP contribution in [0.25, 0.3) is 22.0 Å². The first kappa shape index (κ1) is 15.6. The molecule has 0 spiro atoms. The van der Waals surface area contributed by atoms with Gasteiger partial charge in [-0.15, -0.1) is 0 Å². The molecule has 5 rings (SSSR count). The first-order chi connectivity index (χ1) is 13.4. The third-order valence-electron chi connectivity index (χ3n) is 4.62. The summed E-state index contributed by atoms with van der Waals surface area (Å²) >= 11 is 0. The lowest BCUT2D eigenvalue weighted by atomic mass is 10.1. The quantitative estimate of drug-likeness (QED) is 0.480. The van der Waals surface area contributed by atoms with E-state index in [1.165, 1.54) is 5.56 Å². The van der Waals surface area contributed by atoms with E-state index in [2.05, 4.69) is 49.9 Å². The SMILES string of the molecule is c1ccc(CCc2noc3cc(Nc4n[nH]c5cccnc45)ccc23)cc1. The average Bonchev–Trinajstić information content (AvgIpc) is 3.31. The molecular weight excluding hydrogens is 338 g/mol. The molecule has 0 amide bonds. The number of fused-ring (bicyclic) bond motifs is 2. The molecule has 6 nitrogen and oxygen atoms in total. The maximum absolute atomic E-state index is 5.55. The summed E-state index contributed by atoms with van der Waals surface area (Å²) < 4.78 is 5.55. The van der Waals surface area contributed by atoms with Crippen LogP contribution in [-0.2, 0) is 12.8 Å². The molecule has 0 saturated heterocycles. The topological polar surface area (TPSA) is 79.6 Å². The number of hydrogen-bond acceptors (Lipinski definition) is 5. The van der Waals surface area contributed by atoms with Crippen molar-refractivity contribution in [1.29, 1.82) is 0 Å². The summed E-state index contributed by atoms with van der Waals surface area (Å²) in [6, 6.07) is 20.2. The van der Waals surface area contributed by atoms with Gasteiger partial charge in [0.1, 0.15) is 5.52 Å². The van der Waals surface area contributed by atoms with Crippen LogP contribution in [0, 0.1) is 0 Å². The highest BCUT2D eigenvalue weighted by Crippen LogP contribution is 2.27. The lowest BCUT2D eigenvalue weighted by Crippen LogP contribution is -1.93. The molecule has 5 aromatic rings. The molecule has 0 atom stereocenters. The van der Waals surface area contributed by atoms with E-state index >= 15 is 0 Å². The molecule has 0 bridgehead atoms. The number of hydrogen-bond donors (Lipinski definition) is 2. The number of nitrogens with one attached hydrogen (secondary N) is 2. The summed E-state index contributed by atoms with van der Waals surface area (Å²) in [7, 11) is 0. The van der Waals surface area contributed by atoms with Gasteiger partial charge in [-0.3, -0.25) is 10.1 Å². The van der Waals surface area contributed by atoms with Gasteiger partial charge in [0.2, 0.25) is 0 Å². The van der Waals surface area contributed by atoms with Crippen LogP contribution in [-0.4, -0.2) is 20.3 Å².